The average Bonchev–Trinajstić information content (AvgIpc) is 2.85. The number of carbonyl (C=O) groups excluding carboxylic acids is 2. The fourth-order valence-electron chi connectivity index (χ4n) is 7.59. The van der Waals surface area contributed by atoms with Gasteiger partial charge < -0.3 is 4.74 Å². The van der Waals surface area contributed by atoms with Crippen molar-refractivity contribution in [1.82, 2.24) is 0 Å². The number of rotatable bonds is 2. The van der Waals surface area contributed by atoms with Crippen molar-refractivity contribution in [3.63, 3.8) is 0 Å². The number of ether oxygens (including phenoxy) is 1. The van der Waals surface area contributed by atoms with Gasteiger partial charge in [-0.1, -0.05) is 31.1 Å². The smallest absolute Gasteiger partial charge is 0.302 e. The topological polar surface area (TPSA) is 43.4 Å². The van der Waals surface area contributed by atoms with Crippen LogP contribution in [0.25, 0.3) is 0 Å². The van der Waals surface area contributed by atoms with E-state index in [0.717, 1.165) is 44.1 Å². The van der Waals surface area contributed by atoms with Gasteiger partial charge in [-0.25, -0.2) is 0 Å². The summed E-state index contributed by atoms with van der Waals surface area (Å²) in [5.74, 6) is 2.12. The summed E-state index contributed by atoms with van der Waals surface area (Å²) >= 11 is 0. The molecule has 0 unspecified atom stereocenters. The Kier molecular flexibility index (Phi) is 4.44. The van der Waals surface area contributed by atoms with Gasteiger partial charge in [-0.15, -0.1) is 0 Å². The first-order valence-electron chi connectivity index (χ1n) is 10.7. The molecule has 2 fully saturated rings. The first kappa shape index (κ1) is 19.0. The van der Waals surface area contributed by atoms with Gasteiger partial charge in [-0.2, -0.15) is 0 Å². The summed E-state index contributed by atoms with van der Waals surface area (Å²) in [4.78, 5) is 23.8. The molecule has 0 aliphatic heterocycles. The highest BCUT2D eigenvalue weighted by Crippen LogP contribution is 2.66. The van der Waals surface area contributed by atoms with Crippen molar-refractivity contribution in [2.45, 2.75) is 85.7 Å². The molecule has 0 amide bonds. The highest BCUT2D eigenvalue weighted by Gasteiger charge is 2.58. The van der Waals surface area contributed by atoms with Gasteiger partial charge >= 0.3 is 5.97 Å². The molecule has 0 N–H and O–H groups in total. The molecule has 0 radical (unpaired) electrons. The van der Waals surface area contributed by atoms with Crippen molar-refractivity contribution < 1.29 is 14.3 Å². The second-order valence-electron chi connectivity index (χ2n) is 10.1. The van der Waals surface area contributed by atoms with Crippen LogP contribution in [0.5, 0.6) is 0 Å². The van der Waals surface area contributed by atoms with Crippen LogP contribution < -0.4 is 0 Å². The largest absolute Gasteiger partial charge is 0.462 e. The van der Waals surface area contributed by atoms with Crippen LogP contribution in [-0.2, 0) is 14.3 Å². The number of fused-ring (bicyclic) bond motifs is 5. The van der Waals surface area contributed by atoms with E-state index in [1.165, 1.54) is 24.5 Å². The molecule has 4 rings (SSSR count). The average molecular weight is 371 g/mol. The lowest BCUT2D eigenvalue weighted by molar-refractivity contribution is -0.148. The molecular weight excluding hydrogens is 336 g/mol. The van der Waals surface area contributed by atoms with Crippen LogP contribution in [-0.4, -0.2) is 17.9 Å². The Morgan fingerprint density at radius 3 is 2.41 bits per heavy atom. The standard InChI is InChI=1S/C24H34O3/c1-14-12-21-19-7-6-17-13-18(27-16(3)26)8-10-23(17,4)20(19)9-11-24(21,5)22(14)15(2)25/h6,18-21H,7-13H2,1-5H3/t18-,19+,20-,21-,23+,24+/m0/s1. The van der Waals surface area contributed by atoms with E-state index >= 15 is 0 Å². The van der Waals surface area contributed by atoms with E-state index in [4.69, 9.17) is 4.74 Å². The molecule has 6 atom stereocenters. The molecule has 0 heterocycles. The maximum atomic E-state index is 12.4. The van der Waals surface area contributed by atoms with Crippen LogP contribution in [0.3, 0.4) is 0 Å². The van der Waals surface area contributed by atoms with Gasteiger partial charge in [0.05, 0.1) is 0 Å². The number of allylic oxidation sites excluding steroid dienone is 3. The summed E-state index contributed by atoms with van der Waals surface area (Å²) in [5, 5.41) is 0. The third-order valence-electron chi connectivity index (χ3n) is 8.66. The van der Waals surface area contributed by atoms with E-state index < -0.39 is 0 Å². The molecule has 0 aromatic heterocycles. The van der Waals surface area contributed by atoms with E-state index in [1.807, 2.05) is 0 Å². The minimum atomic E-state index is -0.157. The molecule has 148 valence electrons. The third-order valence-corrected chi connectivity index (χ3v) is 8.66. The Hall–Kier alpha value is -1.38. The zero-order valence-electron chi connectivity index (χ0n) is 17.6. The van der Waals surface area contributed by atoms with Crippen molar-refractivity contribution in [2.24, 2.45) is 28.6 Å². The summed E-state index contributed by atoms with van der Waals surface area (Å²) in [7, 11) is 0. The number of carbonyl (C=O) groups is 2. The highest BCUT2D eigenvalue weighted by atomic mass is 16.5. The highest BCUT2D eigenvalue weighted by molar-refractivity contribution is 5.96. The molecule has 4 aliphatic rings. The maximum absolute atomic E-state index is 12.4. The molecule has 3 nitrogen and oxygen atoms in total. The fraction of sp³-hybridized carbons (Fsp3) is 0.750. The van der Waals surface area contributed by atoms with E-state index in [-0.39, 0.29) is 28.7 Å². The van der Waals surface area contributed by atoms with Gasteiger partial charge in [0, 0.05) is 13.3 Å². The molecular formula is C24H34O3. The van der Waals surface area contributed by atoms with Crippen LogP contribution >= 0.6 is 0 Å². The van der Waals surface area contributed by atoms with E-state index in [1.54, 1.807) is 6.92 Å². The maximum Gasteiger partial charge on any atom is 0.302 e. The van der Waals surface area contributed by atoms with Crippen LogP contribution in [0.1, 0.15) is 79.6 Å². The predicted octanol–water partition coefficient (Wildman–Crippen LogP) is 5.40. The van der Waals surface area contributed by atoms with Crippen molar-refractivity contribution in [3.8, 4) is 0 Å². The SMILES string of the molecule is CC(=O)O[C@H]1CC[C@]2(C)C(=CC[C@H]3[C@@H]4CC(C)=C(C(C)=O)[C@]4(C)CC[C@@H]32)C1. The van der Waals surface area contributed by atoms with Gasteiger partial charge in [0.25, 0.3) is 0 Å². The summed E-state index contributed by atoms with van der Waals surface area (Å²) < 4.78 is 5.54. The van der Waals surface area contributed by atoms with Crippen molar-refractivity contribution >= 4 is 11.8 Å². The van der Waals surface area contributed by atoms with Gasteiger partial charge in [-0.3, -0.25) is 9.59 Å². The van der Waals surface area contributed by atoms with Crippen LogP contribution in [0.2, 0.25) is 0 Å². The van der Waals surface area contributed by atoms with Crippen molar-refractivity contribution in [1.29, 1.82) is 0 Å². The monoisotopic (exact) mass is 370 g/mol. The summed E-state index contributed by atoms with van der Waals surface area (Å²) in [6, 6.07) is 0. The van der Waals surface area contributed by atoms with Gasteiger partial charge in [0.15, 0.2) is 5.78 Å². The zero-order valence-corrected chi connectivity index (χ0v) is 17.6. The lowest BCUT2D eigenvalue weighted by atomic mass is 9.47. The lowest BCUT2D eigenvalue weighted by Gasteiger charge is -2.57. The van der Waals surface area contributed by atoms with Crippen molar-refractivity contribution in [3.05, 3.63) is 22.8 Å². The Morgan fingerprint density at radius 1 is 1.04 bits per heavy atom. The van der Waals surface area contributed by atoms with Crippen molar-refractivity contribution in [2.75, 3.05) is 0 Å². The molecule has 27 heavy (non-hydrogen) atoms. The minimum absolute atomic E-state index is 0.0620. The summed E-state index contributed by atoms with van der Waals surface area (Å²) in [5.41, 5.74) is 4.33. The first-order chi connectivity index (χ1) is 12.7. The minimum Gasteiger partial charge on any atom is -0.462 e. The number of ketones is 1. The van der Waals surface area contributed by atoms with E-state index in [0.29, 0.717) is 17.8 Å². The van der Waals surface area contributed by atoms with Gasteiger partial charge in [0.2, 0.25) is 0 Å². The molecule has 0 spiro atoms. The number of hydrogen-bond donors (Lipinski definition) is 0. The van der Waals surface area contributed by atoms with Crippen LogP contribution in [0.4, 0.5) is 0 Å². The molecule has 0 aromatic carbocycles. The van der Waals surface area contributed by atoms with E-state index in [2.05, 4.69) is 26.8 Å². The van der Waals surface area contributed by atoms with Crippen LogP contribution in [0.15, 0.2) is 22.8 Å². The Morgan fingerprint density at radius 2 is 1.74 bits per heavy atom. The van der Waals surface area contributed by atoms with Crippen LogP contribution in [0, 0.1) is 28.6 Å². The third kappa shape index (κ3) is 2.76. The summed E-state index contributed by atoms with van der Waals surface area (Å²) in [6.45, 7) is 10.3. The summed E-state index contributed by atoms with van der Waals surface area (Å²) in [6.07, 6.45) is 10.1. The number of esters is 1. The normalized spacial score (nSPS) is 43.4. The zero-order chi connectivity index (χ0) is 19.6. The lowest BCUT2D eigenvalue weighted by Crippen LogP contribution is -2.50. The molecule has 0 bridgehead atoms. The Balaban J connectivity index is 1.62. The Bertz CT molecular complexity index is 745. The molecule has 0 aromatic rings. The molecule has 0 saturated heterocycles. The number of Topliss-reactive ketones (excluding diaryl/α,β-unsaturated/α-hetero) is 1. The van der Waals surface area contributed by atoms with Gasteiger partial charge in [-0.05, 0) is 86.5 Å². The second-order valence-corrected chi connectivity index (χ2v) is 10.1. The van der Waals surface area contributed by atoms with E-state index in [9.17, 15) is 9.59 Å². The number of hydrogen-bond acceptors (Lipinski definition) is 3. The Labute approximate surface area is 163 Å². The molecule has 3 heteroatoms. The fourth-order valence-corrected chi connectivity index (χ4v) is 7.59. The molecule has 4 aliphatic carbocycles. The van der Waals surface area contributed by atoms with Gasteiger partial charge in [0.1, 0.15) is 6.10 Å². The quantitative estimate of drug-likeness (QED) is 0.483. The molecule has 2 saturated carbocycles. The first-order valence-corrected chi connectivity index (χ1v) is 10.7. The second kappa shape index (κ2) is 6.32. The predicted molar refractivity (Wildman–Crippen MR) is 106 cm³/mol.